The number of anilines is 2. The number of nitrogens with zero attached hydrogens (tertiary/aromatic N) is 1. The van der Waals surface area contributed by atoms with E-state index >= 15 is 0 Å². The quantitative estimate of drug-likeness (QED) is 0.771. The van der Waals surface area contributed by atoms with Crippen LogP contribution in [0.25, 0.3) is 0 Å². The van der Waals surface area contributed by atoms with Crippen molar-refractivity contribution in [3.8, 4) is 0 Å². The second kappa shape index (κ2) is 8.15. The molecule has 1 aromatic heterocycles. The van der Waals surface area contributed by atoms with E-state index in [1.165, 1.54) is 0 Å². The first-order valence-corrected chi connectivity index (χ1v) is 8.88. The van der Waals surface area contributed by atoms with Crippen LogP contribution < -0.4 is 10.6 Å². The van der Waals surface area contributed by atoms with Crippen molar-refractivity contribution < 1.29 is 4.79 Å². The summed E-state index contributed by atoms with van der Waals surface area (Å²) in [5, 5.41) is 6.29. The molecule has 4 nitrogen and oxygen atoms in total. The zero-order valence-electron chi connectivity index (χ0n) is 15.9. The van der Waals surface area contributed by atoms with E-state index in [0.29, 0.717) is 11.5 Å². The number of nitrogens with one attached hydrogen (secondary N) is 2. The summed E-state index contributed by atoms with van der Waals surface area (Å²) in [4.78, 5) is 16.9. The lowest BCUT2D eigenvalue weighted by molar-refractivity contribution is 0.102. The molecule has 0 saturated heterocycles. The molecule has 2 aromatic rings. The minimum absolute atomic E-state index is 0.0354. The molecule has 1 amide bonds. The molecule has 0 aliphatic heterocycles. The van der Waals surface area contributed by atoms with Gasteiger partial charge < -0.3 is 10.6 Å². The molecular weight excluding hydrogens is 310 g/mol. The molecule has 2 rings (SSSR count). The fraction of sp³-hybridized carbons (Fsp3) is 0.429. The lowest BCUT2D eigenvalue weighted by Gasteiger charge is -2.23. The summed E-state index contributed by atoms with van der Waals surface area (Å²) in [5.41, 5.74) is 2.48. The summed E-state index contributed by atoms with van der Waals surface area (Å²) in [6, 6.07) is 11.6. The zero-order chi connectivity index (χ0) is 18.4. The zero-order valence-corrected chi connectivity index (χ0v) is 15.9. The van der Waals surface area contributed by atoms with Gasteiger partial charge in [0.2, 0.25) is 0 Å². The monoisotopic (exact) mass is 339 g/mol. The molecule has 4 heteroatoms. The smallest absolute Gasteiger partial charge is 0.257 e. The van der Waals surface area contributed by atoms with Crippen molar-refractivity contribution in [2.75, 3.05) is 17.2 Å². The normalized spacial score (nSPS) is 11.4. The van der Waals surface area contributed by atoms with Crippen molar-refractivity contribution in [1.29, 1.82) is 0 Å². The Bertz CT molecular complexity index is 700. The van der Waals surface area contributed by atoms with Gasteiger partial charge in [-0.05, 0) is 41.5 Å². The van der Waals surface area contributed by atoms with Crippen LogP contribution in [0.1, 0.15) is 57.0 Å². The van der Waals surface area contributed by atoms with Gasteiger partial charge in [0.25, 0.3) is 5.91 Å². The predicted octanol–water partition coefficient (Wildman–Crippen LogP) is 5.09. The van der Waals surface area contributed by atoms with E-state index in [0.717, 1.165) is 30.0 Å². The van der Waals surface area contributed by atoms with Crippen molar-refractivity contribution in [1.82, 2.24) is 4.98 Å². The molecular formula is C21H29N3O. The highest BCUT2D eigenvalue weighted by Crippen LogP contribution is 2.29. The molecule has 0 spiro atoms. The second-order valence-electron chi connectivity index (χ2n) is 7.79. The number of aromatic nitrogens is 1. The highest BCUT2D eigenvalue weighted by atomic mass is 16.1. The van der Waals surface area contributed by atoms with Crippen LogP contribution in [0.5, 0.6) is 0 Å². The summed E-state index contributed by atoms with van der Waals surface area (Å²) < 4.78 is 0. The van der Waals surface area contributed by atoms with Gasteiger partial charge in [0, 0.05) is 18.4 Å². The SMILES string of the molecule is CC(C)CCNc1ccc(C(=O)Nc2ccccc2C(C)(C)C)cn1. The highest BCUT2D eigenvalue weighted by Gasteiger charge is 2.19. The number of carbonyl (C=O) groups excluding carboxylic acids is 1. The Morgan fingerprint density at radius 3 is 2.44 bits per heavy atom. The Balaban J connectivity index is 2.05. The van der Waals surface area contributed by atoms with Gasteiger partial charge in [-0.15, -0.1) is 0 Å². The number of carbonyl (C=O) groups is 1. The molecule has 2 N–H and O–H groups in total. The summed E-state index contributed by atoms with van der Waals surface area (Å²) in [6.45, 7) is 11.7. The topological polar surface area (TPSA) is 54.0 Å². The van der Waals surface area contributed by atoms with E-state index < -0.39 is 0 Å². The molecule has 0 aliphatic carbocycles. The van der Waals surface area contributed by atoms with Crippen molar-refractivity contribution >= 4 is 17.4 Å². The third-order valence-electron chi connectivity index (χ3n) is 4.04. The molecule has 0 radical (unpaired) electrons. The first-order chi connectivity index (χ1) is 11.8. The molecule has 0 aliphatic rings. The van der Waals surface area contributed by atoms with E-state index in [4.69, 9.17) is 0 Å². The second-order valence-corrected chi connectivity index (χ2v) is 7.79. The highest BCUT2D eigenvalue weighted by molar-refractivity contribution is 6.04. The van der Waals surface area contributed by atoms with Gasteiger partial charge in [-0.2, -0.15) is 0 Å². The molecule has 0 unspecified atom stereocenters. The van der Waals surface area contributed by atoms with Gasteiger partial charge in [-0.25, -0.2) is 4.98 Å². The van der Waals surface area contributed by atoms with Crippen LogP contribution in [0.2, 0.25) is 0 Å². The fourth-order valence-electron chi connectivity index (χ4n) is 2.56. The predicted molar refractivity (Wildman–Crippen MR) is 105 cm³/mol. The van der Waals surface area contributed by atoms with Crippen molar-refractivity contribution in [2.24, 2.45) is 5.92 Å². The van der Waals surface area contributed by atoms with E-state index in [-0.39, 0.29) is 11.3 Å². The number of hydrogen-bond donors (Lipinski definition) is 2. The lowest BCUT2D eigenvalue weighted by atomic mass is 9.86. The first kappa shape index (κ1) is 19.0. The summed E-state index contributed by atoms with van der Waals surface area (Å²) in [7, 11) is 0. The van der Waals surface area contributed by atoms with E-state index in [2.05, 4.69) is 56.3 Å². The van der Waals surface area contributed by atoms with Crippen LogP contribution in [0.4, 0.5) is 11.5 Å². The molecule has 25 heavy (non-hydrogen) atoms. The van der Waals surface area contributed by atoms with Crippen molar-refractivity contribution in [3.05, 3.63) is 53.7 Å². The summed E-state index contributed by atoms with van der Waals surface area (Å²) >= 11 is 0. The number of pyridine rings is 1. The number of amides is 1. The van der Waals surface area contributed by atoms with Gasteiger partial charge in [-0.3, -0.25) is 4.79 Å². The third kappa shape index (κ3) is 5.59. The third-order valence-corrected chi connectivity index (χ3v) is 4.04. The molecule has 0 fully saturated rings. The first-order valence-electron chi connectivity index (χ1n) is 8.88. The average molecular weight is 339 g/mol. The fourth-order valence-corrected chi connectivity index (χ4v) is 2.56. The minimum Gasteiger partial charge on any atom is -0.370 e. The van der Waals surface area contributed by atoms with E-state index in [1.54, 1.807) is 12.3 Å². The lowest BCUT2D eigenvalue weighted by Crippen LogP contribution is -2.19. The maximum atomic E-state index is 12.5. The molecule has 0 bridgehead atoms. The Morgan fingerprint density at radius 1 is 1.12 bits per heavy atom. The van der Waals surface area contributed by atoms with E-state index in [1.807, 2.05) is 24.3 Å². The summed E-state index contributed by atoms with van der Waals surface area (Å²) in [5.74, 6) is 1.31. The average Bonchev–Trinajstić information content (AvgIpc) is 2.54. The van der Waals surface area contributed by atoms with Crippen LogP contribution in [0.3, 0.4) is 0 Å². The van der Waals surface area contributed by atoms with Gasteiger partial charge in [0.1, 0.15) is 5.82 Å². The van der Waals surface area contributed by atoms with Gasteiger partial charge in [0.15, 0.2) is 0 Å². The Labute approximate surface area is 151 Å². The molecule has 1 heterocycles. The van der Waals surface area contributed by atoms with Gasteiger partial charge in [0.05, 0.1) is 5.56 Å². The Hall–Kier alpha value is -2.36. The standard InChI is InChI=1S/C21H29N3O/c1-15(2)12-13-22-19-11-10-16(14-23-19)20(25)24-18-9-7-6-8-17(18)21(3,4)5/h6-11,14-15H,12-13H2,1-5H3,(H,22,23)(H,24,25). The maximum absolute atomic E-state index is 12.5. The van der Waals surface area contributed by atoms with Crippen molar-refractivity contribution in [3.63, 3.8) is 0 Å². The molecule has 134 valence electrons. The van der Waals surface area contributed by atoms with Crippen LogP contribution in [0.15, 0.2) is 42.6 Å². The number of benzene rings is 1. The van der Waals surface area contributed by atoms with Crippen LogP contribution in [-0.2, 0) is 5.41 Å². The number of hydrogen-bond acceptors (Lipinski definition) is 3. The van der Waals surface area contributed by atoms with Gasteiger partial charge >= 0.3 is 0 Å². The molecule has 1 aromatic carbocycles. The van der Waals surface area contributed by atoms with Crippen LogP contribution in [-0.4, -0.2) is 17.4 Å². The van der Waals surface area contributed by atoms with Crippen molar-refractivity contribution in [2.45, 2.75) is 46.5 Å². The minimum atomic E-state index is -0.141. The van der Waals surface area contributed by atoms with Crippen LogP contribution in [0, 0.1) is 5.92 Å². The maximum Gasteiger partial charge on any atom is 0.257 e. The largest absolute Gasteiger partial charge is 0.370 e. The number of rotatable bonds is 6. The Kier molecular flexibility index (Phi) is 6.18. The Morgan fingerprint density at radius 2 is 1.84 bits per heavy atom. The van der Waals surface area contributed by atoms with Gasteiger partial charge in [-0.1, -0.05) is 52.8 Å². The summed E-state index contributed by atoms with van der Waals surface area (Å²) in [6.07, 6.45) is 2.71. The molecule has 0 saturated carbocycles. The van der Waals surface area contributed by atoms with Crippen LogP contribution >= 0.6 is 0 Å². The molecule has 0 atom stereocenters. The van der Waals surface area contributed by atoms with E-state index in [9.17, 15) is 4.79 Å². The number of para-hydroxylation sites is 1.